The van der Waals surface area contributed by atoms with Gasteiger partial charge >= 0.3 is 5.97 Å². The van der Waals surface area contributed by atoms with Crippen molar-refractivity contribution in [2.75, 3.05) is 12.0 Å². The summed E-state index contributed by atoms with van der Waals surface area (Å²) in [5.41, 5.74) is 1.67. The second-order valence-electron chi connectivity index (χ2n) is 6.94. The van der Waals surface area contributed by atoms with Crippen molar-refractivity contribution in [1.29, 1.82) is 0 Å². The first-order valence-electron chi connectivity index (χ1n) is 9.41. The average molecular weight is 703 g/mol. The van der Waals surface area contributed by atoms with Crippen molar-refractivity contribution in [3.8, 4) is 11.5 Å². The number of esters is 1. The van der Waals surface area contributed by atoms with Crippen LogP contribution in [0.5, 0.6) is 11.5 Å². The van der Waals surface area contributed by atoms with Gasteiger partial charge in [-0.3, -0.25) is 14.4 Å². The molecule has 0 radical (unpaired) electrons. The number of carbonyl (C=O) groups excluding carboxylic acids is 3. The van der Waals surface area contributed by atoms with Crippen molar-refractivity contribution in [3.05, 3.63) is 83.1 Å². The van der Waals surface area contributed by atoms with E-state index in [1.807, 2.05) is 0 Å². The van der Waals surface area contributed by atoms with Crippen LogP contribution >= 0.6 is 63.7 Å². The zero-order chi connectivity index (χ0) is 23.9. The summed E-state index contributed by atoms with van der Waals surface area (Å²) in [7, 11) is 1.57. The van der Waals surface area contributed by atoms with Crippen molar-refractivity contribution in [2.45, 2.75) is 6.42 Å². The van der Waals surface area contributed by atoms with E-state index in [0.717, 1.165) is 10.5 Å². The summed E-state index contributed by atoms with van der Waals surface area (Å²) < 4.78 is 12.7. The molecule has 0 unspecified atom stereocenters. The molecule has 0 aromatic heterocycles. The fraction of sp³-hybridized carbons (Fsp3) is 0.0870. The van der Waals surface area contributed by atoms with E-state index in [1.165, 1.54) is 0 Å². The largest absolute Gasteiger partial charge is 0.497 e. The van der Waals surface area contributed by atoms with Crippen molar-refractivity contribution in [3.63, 3.8) is 0 Å². The Morgan fingerprint density at radius 2 is 1.24 bits per heavy atom. The maximum atomic E-state index is 13.1. The first kappa shape index (κ1) is 24.1. The van der Waals surface area contributed by atoms with Crippen molar-refractivity contribution >= 4 is 87.2 Å². The van der Waals surface area contributed by atoms with E-state index >= 15 is 0 Å². The van der Waals surface area contributed by atoms with Gasteiger partial charge in [-0.05, 0) is 106 Å². The van der Waals surface area contributed by atoms with Crippen LogP contribution in [0.4, 0.5) is 5.69 Å². The molecular formula is C23H13Br4NO5. The number of hydrogen-bond donors (Lipinski definition) is 0. The Hall–Kier alpha value is -2.01. The Morgan fingerprint density at radius 3 is 1.73 bits per heavy atom. The highest BCUT2D eigenvalue weighted by molar-refractivity contribution is 9.15. The average Bonchev–Trinajstić information content (AvgIpc) is 3.07. The number of anilines is 1. The molecule has 10 heteroatoms. The molecule has 2 amide bonds. The minimum Gasteiger partial charge on any atom is -0.497 e. The number of benzene rings is 3. The lowest BCUT2D eigenvalue weighted by atomic mass is 10.1. The molecule has 6 nitrogen and oxygen atoms in total. The van der Waals surface area contributed by atoms with Crippen molar-refractivity contribution in [1.82, 2.24) is 0 Å². The Balaban J connectivity index is 1.52. The quantitative estimate of drug-likeness (QED) is 0.0974. The molecule has 4 rings (SSSR count). The zero-order valence-corrected chi connectivity index (χ0v) is 23.2. The smallest absolute Gasteiger partial charge is 0.315 e. The predicted octanol–water partition coefficient (Wildman–Crippen LogP) is 6.69. The molecule has 0 bridgehead atoms. The number of methoxy groups -OCH3 is 1. The highest BCUT2D eigenvalue weighted by Crippen LogP contribution is 2.46. The van der Waals surface area contributed by atoms with Crippen LogP contribution in [-0.2, 0) is 11.2 Å². The van der Waals surface area contributed by atoms with E-state index < -0.39 is 17.8 Å². The molecule has 3 aromatic rings. The van der Waals surface area contributed by atoms with Crippen LogP contribution in [0.3, 0.4) is 0 Å². The number of nitrogens with zero attached hydrogens (tertiary/aromatic N) is 1. The van der Waals surface area contributed by atoms with Gasteiger partial charge < -0.3 is 9.47 Å². The number of carbonyl (C=O) groups is 3. The minimum atomic E-state index is -0.458. The van der Waals surface area contributed by atoms with Gasteiger partial charge in [-0.1, -0.05) is 12.1 Å². The second kappa shape index (κ2) is 9.69. The normalized spacial score (nSPS) is 12.7. The van der Waals surface area contributed by atoms with Crippen LogP contribution in [0.15, 0.2) is 66.4 Å². The third kappa shape index (κ3) is 4.53. The van der Waals surface area contributed by atoms with Crippen LogP contribution in [0.1, 0.15) is 26.3 Å². The first-order chi connectivity index (χ1) is 15.7. The second-order valence-corrected chi connectivity index (χ2v) is 10.1. The van der Waals surface area contributed by atoms with Crippen LogP contribution in [0.2, 0.25) is 0 Å². The molecule has 1 aliphatic heterocycles. The maximum absolute atomic E-state index is 13.1. The highest BCUT2D eigenvalue weighted by atomic mass is 79.9. The monoisotopic (exact) mass is 699 g/mol. The van der Waals surface area contributed by atoms with Gasteiger partial charge in [0.1, 0.15) is 11.5 Å². The summed E-state index contributed by atoms with van der Waals surface area (Å²) >= 11 is 13.6. The van der Waals surface area contributed by atoms with Gasteiger partial charge in [0.05, 0.1) is 30.3 Å². The van der Waals surface area contributed by atoms with Gasteiger partial charge in [-0.2, -0.15) is 0 Å². The Labute approximate surface area is 222 Å². The first-order valence-corrected chi connectivity index (χ1v) is 12.6. The molecule has 0 spiro atoms. The number of amides is 2. The van der Waals surface area contributed by atoms with E-state index in [2.05, 4.69) is 63.7 Å². The third-order valence-electron chi connectivity index (χ3n) is 4.94. The van der Waals surface area contributed by atoms with Gasteiger partial charge in [-0.15, -0.1) is 0 Å². The number of rotatable bonds is 5. The Kier molecular flexibility index (Phi) is 7.09. The lowest BCUT2D eigenvalue weighted by Crippen LogP contribution is -2.29. The molecule has 0 aliphatic carbocycles. The van der Waals surface area contributed by atoms with E-state index in [9.17, 15) is 14.4 Å². The molecule has 3 aromatic carbocycles. The molecule has 33 heavy (non-hydrogen) atoms. The minimum absolute atomic E-state index is 0.0932. The van der Waals surface area contributed by atoms with E-state index in [1.54, 1.807) is 55.6 Å². The summed E-state index contributed by atoms with van der Waals surface area (Å²) in [6.07, 6.45) is 0.0932. The number of imide groups is 1. The van der Waals surface area contributed by atoms with E-state index in [-0.39, 0.29) is 17.5 Å². The summed E-state index contributed by atoms with van der Waals surface area (Å²) in [6, 6.07) is 13.3. The van der Waals surface area contributed by atoms with Gasteiger partial charge in [0.25, 0.3) is 11.8 Å². The van der Waals surface area contributed by atoms with Gasteiger partial charge in [0.2, 0.25) is 0 Å². The van der Waals surface area contributed by atoms with Gasteiger partial charge in [-0.25, -0.2) is 4.90 Å². The zero-order valence-electron chi connectivity index (χ0n) is 16.8. The van der Waals surface area contributed by atoms with E-state index in [4.69, 9.17) is 9.47 Å². The fourth-order valence-electron chi connectivity index (χ4n) is 3.32. The highest BCUT2D eigenvalue weighted by Gasteiger charge is 2.41. The molecule has 1 heterocycles. The predicted molar refractivity (Wildman–Crippen MR) is 137 cm³/mol. The third-order valence-corrected chi connectivity index (χ3v) is 9.70. The Bertz CT molecular complexity index is 1240. The molecular weight excluding hydrogens is 690 g/mol. The maximum Gasteiger partial charge on any atom is 0.315 e. The van der Waals surface area contributed by atoms with Crippen LogP contribution < -0.4 is 14.4 Å². The fourth-order valence-corrected chi connectivity index (χ4v) is 5.78. The van der Waals surface area contributed by atoms with Gasteiger partial charge in [0, 0.05) is 17.9 Å². The van der Waals surface area contributed by atoms with Gasteiger partial charge in [0.15, 0.2) is 0 Å². The summed E-state index contributed by atoms with van der Waals surface area (Å²) in [5.74, 6) is -0.340. The molecule has 168 valence electrons. The summed E-state index contributed by atoms with van der Waals surface area (Å²) in [4.78, 5) is 39.5. The standard InChI is InChI=1S/C23H13Br4NO5/c1-32-13-6-2-11(3-7-13)10-15(29)33-14-8-4-12(5-9-14)28-22(30)16-17(23(28)31)19(25)21(27)20(26)18(16)24/h2-9H,10H2,1H3. The lowest BCUT2D eigenvalue weighted by molar-refractivity contribution is -0.133. The topological polar surface area (TPSA) is 72.9 Å². The summed E-state index contributed by atoms with van der Waals surface area (Å²) in [5, 5.41) is 0. The number of fused-ring (bicyclic) bond motifs is 1. The van der Waals surface area contributed by atoms with Crippen LogP contribution in [0.25, 0.3) is 0 Å². The molecule has 0 atom stereocenters. The number of halogens is 4. The lowest BCUT2D eigenvalue weighted by Gasteiger charge is -2.14. The van der Waals surface area contributed by atoms with Crippen molar-refractivity contribution in [2.24, 2.45) is 0 Å². The molecule has 0 saturated carbocycles. The van der Waals surface area contributed by atoms with Crippen molar-refractivity contribution < 1.29 is 23.9 Å². The van der Waals surface area contributed by atoms with E-state index in [0.29, 0.717) is 35.1 Å². The van der Waals surface area contributed by atoms with Crippen LogP contribution in [0, 0.1) is 0 Å². The SMILES string of the molecule is COc1ccc(CC(=O)Oc2ccc(N3C(=O)c4c(Br)c(Br)c(Br)c(Br)c4C3=O)cc2)cc1. The molecule has 0 saturated heterocycles. The van der Waals surface area contributed by atoms with Crippen LogP contribution in [-0.4, -0.2) is 24.9 Å². The molecule has 0 N–H and O–H groups in total. The number of hydrogen-bond acceptors (Lipinski definition) is 5. The Morgan fingerprint density at radius 1 is 0.758 bits per heavy atom. The summed E-state index contributed by atoms with van der Waals surface area (Å²) in [6.45, 7) is 0. The number of ether oxygens (including phenoxy) is 2. The molecule has 0 fully saturated rings. The molecule has 1 aliphatic rings.